The van der Waals surface area contributed by atoms with Gasteiger partial charge in [-0.3, -0.25) is 0 Å². The summed E-state index contributed by atoms with van der Waals surface area (Å²) in [5.41, 5.74) is -1.43. The predicted octanol–water partition coefficient (Wildman–Crippen LogP) is 2.66. The van der Waals surface area contributed by atoms with Crippen molar-refractivity contribution in [2.45, 2.75) is 76.6 Å². The van der Waals surface area contributed by atoms with E-state index in [1.807, 2.05) is 0 Å². The Labute approximate surface area is 145 Å². The molecule has 0 aromatic carbocycles. The van der Waals surface area contributed by atoms with E-state index in [0.29, 0.717) is 12.3 Å². The minimum atomic E-state index is -0.691. The lowest BCUT2D eigenvalue weighted by molar-refractivity contribution is -0.288. The van der Waals surface area contributed by atoms with Crippen molar-refractivity contribution in [1.29, 1.82) is 0 Å². The van der Waals surface area contributed by atoms with Crippen LogP contribution in [-0.4, -0.2) is 45.8 Å². The van der Waals surface area contributed by atoms with Gasteiger partial charge in [0, 0.05) is 13.0 Å². The first-order chi connectivity index (χ1) is 11.2. The highest BCUT2D eigenvalue weighted by atomic mass is 16.5. The van der Waals surface area contributed by atoms with Gasteiger partial charge >= 0.3 is 0 Å². The molecule has 1 saturated heterocycles. The van der Waals surface area contributed by atoms with Crippen molar-refractivity contribution in [2.75, 3.05) is 13.2 Å². The van der Waals surface area contributed by atoms with Gasteiger partial charge in [-0.1, -0.05) is 26.3 Å². The first kappa shape index (κ1) is 18.4. The molecule has 1 heterocycles. The Kier molecular flexibility index (Phi) is 4.44. The average molecular weight is 338 g/mol. The third-order valence-electron chi connectivity index (χ3n) is 7.75. The number of fused-ring (bicyclic) bond motifs is 3. The number of rotatable bonds is 3. The van der Waals surface area contributed by atoms with E-state index in [2.05, 4.69) is 27.4 Å². The van der Waals surface area contributed by atoms with E-state index in [4.69, 9.17) is 4.74 Å². The molecule has 3 fully saturated rings. The zero-order valence-corrected chi connectivity index (χ0v) is 15.4. The summed E-state index contributed by atoms with van der Waals surface area (Å²) in [6.07, 6.45) is 6.64. The summed E-state index contributed by atoms with van der Waals surface area (Å²) in [7, 11) is 0. The van der Waals surface area contributed by atoms with Gasteiger partial charge in [-0.05, 0) is 55.3 Å². The standard InChI is InChI=1S/C20H34O4/c1-5-20(13-22)10-7-15-18(3)9-6-8-17(2,12-21)16(18)14(23)11-19(15,4)24-20/h5,14-16,21-23H,1,6-13H2,2-4H3/t14-,15-,16+,17-,18+,19+,20+/m1/s1. The molecule has 0 unspecified atom stereocenters. The molecule has 24 heavy (non-hydrogen) atoms. The number of ether oxygens (including phenoxy) is 1. The molecule has 4 heteroatoms. The Morgan fingerprint density at radius 2 is 1.83 bits per heavy atom. The summed E-state index contributed by atoms with van der Waals surface area (Å²) < 4.78 is 6.46. The normalized spacial score (nSPS) is 54.7. The van der Waals surface area contributed by atoms with Gasteiger partial charge in [0.1, 0.15) is 5.60 Å². The Balaban J connectivity index is 2.00. The molecule has 2 saturated carbocycles. The first-order valence-corrected chi connectivity index (χ1v) is 9.42. The lowest BCUT2D eigenvalue weighted by atomic mass is 9.43. The SMILES string of the molecule is C=C[C@@]1(CO)CC[C@@H]2[C@]3(C)CCC[C@](C)(CO)[C@@H]3[C@H](O)C[C@]2(C)O1. The number of hydrogen-bond donors (Lipinski definition) is 3. The van der Waals surface area contributed by atoms with Crippen LogP contribution in [0.1, 0.15) is 59.3 Å². The van der Waals surface area contributed by atoms with Crippen molar-refractivity contribution < 1.29 is 20.1 Å². The molecule has 4 nitrogen and oxygen atoms in total. The van der Waals surface area contributed by atoms with Gasteiger partial charge < -0.3 is 20.1 Å². The van der Waals surface area contributed by atoms with E-state index in [1.165, 1.54) is 0 Å². The third kappa shape index (κ3) is 2.41. The van der Waals surface area contributed by atoms with Crippen LogP contribution in [0.5, 0.6) is 0 Å². The van der Waals surface area contributed by atoms with Crippen LogP contribution in [0.3, 0.4) is 0 Å². The van der Waals surface area contributed by atoms with Gasteiger partial charge in [-0.2, -0.15) is 0 Å². The maximum absolute atomic E-state index is 11.1. The first-order valence-electron chi connectivity index (χ1n) is 9.42. The van der Waals surface area contributed by atoms with E-state index in [-0.39, 0.29) is 30.0 Å². The largest absolute Gasteiger partial charge is 0.396 e. The van der Waals surface area contributed by atoms with Gasteiger partial charge in [-0.25, -0.2) is 0 Å². The molecule has 2 aliphatic carbocycles. The monoisotopic (exact) mass is 338 g/mol. The van der Waals surface area contributed by atoms with Crippen LogP contribution >= 0.6 is 0 Å². The summed E-state index contributed by atoms with van der Waals surface area (Å²) in [5, 5.41) is 31.0. The van der Waals surface area contributed by atoms with Gasteiger partial charge in [-0.15, -0.1) is 6.58 Å². The summed E-state index contributed by atoms with van der Waals surface area (Å²) in [5.74, 6) is 0.417. The highest BCUT2D eigenvalue weighted by Crippen LogP contribution is 2.65. The molecule has 0 radical (unpaired) electrons. The quantitative estimate of drug-likeness (QED) is 0.692. The molecule has 138 valence electrons. The van der Waals surface area contributed by atoms with Crippen LogP contribution in [-0.2, 0) is 4.74 Å². The molecule has 7 atom stereocenters. The van der Waals surface area contributed by atoms with Crippen LogP contribution in [0.15, 0.2) is 12.7 Å². The minimum Gasteiger partial charge on any atom is -0.396 e. The molecule has 0 amide bonds. The van der Waals surface area contributed by atoms with Gasteiger partial charge in [0.2, 0.25) is 0 Å². The van der Waals surface area contributed by atoms with Gasteiger partial charge in [0.15, 0.2) is 0 Å². The molecule has 0 spiro atoms. The molecular weight excluding hydrogens is 304 g/mol. The fourth-order valence-corrected chi connectivity index (χ4v) is 6.80. The van der Waals surface area contributed by atoms with Crippen molar-refractivity contribution in [3.63, 3.8) is 0 Å². The van der Waals surface area contributed by atoms with Crippen LogP contribution in [0.25, 0.3) is 0 Å². The number of aliphatic hydroxyl groups is 3. The van der Waals surface area contributed by atoms with Crippen LogP contribution in [0.2, 0.25) is 0 Å². The molecule has 0 bridgehead atoms. The van der Waals surface area contributed by atoms with Crippen molar-refractivity contribution in [3.05, 3.63) is 12.7 Å². The van der Waals surface area contributed by atoms with Crippen molar-refractivity contribution in [2.24, 2.45) is 22.7 Å². The maximum Gasteiger partial charge on any atom is 0.110 e. The van der Waals surface area contributed by atoms with Crippen molar-refractivity contribution >= 4 is 0 Å². The second-order valence-electron chi connectivity index (χ2n) is 9.35. The van der Waals surface area contributed by atoms with Gasteiger partial charge in [0.05, 0.1) is 18.3 Å². The van der Waals surface area contributed by atoms with E-state index in [0.717, 1.165) is 32.1 Å². The van der Waals surface area contributed by atoms with Crippen LogP contribution < -0.4 is 0 Å². The fraction of sp³-hybridized carbons (Fsp3) is 0.900. The highest BCUT2D eigenvalue weighted by Gasteiger charge is 2.65. The Hall–Kier alpha value is -0.420. The summed E-state index contributed by atoms with van der Waals surface area (Å²) in [4.78, 5) is 0. The van der Waals surface area contributed by atoms with E-state index >= 15 is 0 Å². The summed E-state index contributed by atoms with van der Waals surface area (Å²) in [6, 6.07) is 0. The second kappa shape index (κ2) is 5.80. The summed E-state index contributed by atoms with van der Waals surface area (Å²) in [6.45, 7) is 10.5. The minimum absolute atomic E-state index is 0.0507. The highest BCUT2D eigenvalue weighted by molar-refractivity contribution is 5.16. The average Bonchev–Trinajstić information content (AvgIpc) is 2.53. The molecule has 0 aromatic heterocycles. The molecule has 1 aliphatic heterocycles. The smallest absolute Gasteiger partial charge is 0.110 e. The Bertz CT molecular complexity index is 508. The summed E-state index contributed by atoms with van der Waals surface area (Å²) >= 11 is 0. The molecule has 0 aromatic rings. The predicted molar refractivity (Wildman–Crippen MR) is 93.5 cm³/mol. The number of aliphatic hydroxyl groups excluding tert-OH is 3. The lowest BCUT2D eigenvalue weighted by Crippen LogP contribution is -2.68. The number of hydrogen-bond acceptors (Lipinski definition) is 4. The third-order valence-corrected chi connectivity index (χ3v) is 7.75. The fourth-order valence-electron chi connectivity index (χ4n) is 6.80. The maximum atomic E-state index is 11.1. The van der Waals surface area contributed by atoms with Gasteiger partial charge in [0.25, 0.3) is 0 Å². The van der Waals surface area contributed by atoms with E-state index in [9.17, 15) is 15.3 Å². The zero-order valence-electron chi connectivity index (χ0n) is 15.4. The molecule has 3 rings (SSSR count). The Morgan fingerprint density at radius 1 is 1.12 bits per heavy atom. The van der Waals surface area contributed by atoms with E-state index in [1.54, 1.807) is 6.08 Å². The zero-order chi connectivity index (χ0) is 17.8. The van der Waals surface area contributed by atoms with Crippen LogP contribution in [0.4, 0.5) is 0 Å². The van der Waals surface area contributed by atoms with Crippen LogP contribution in [0, 0.1) is 22.7 Å². The van der Waals surface area contributed by atoms with Crippen molar-refractivity contribution in [1.82, 2.24) is 0 Å². The lowest BCUT2D eigenvalue weighted by Gasteiger charge is -2.66. The second-order valence-corrected chi connectivity index (χ2v) is 9.35. The Morgan fingerprint density at radius 3 is 2.42 bits per heavy atom. The molecule has 3 N–H and O–H groups in total. The molecular formula is C20H34O4. The topological polar surface area (TPSA) is 69.9 Å². The molecule has 3 aliphatic rings. The van der Waals surface area contributed by atoms with E-state index < -0.39 is 17.3 Å². The van der Waals surface area contributed by atoms with Crippen molar-refractivity contribution in [3.8, 4) is 0 Å².